The summed E-state index contributed by atoms with van der Waals surface area (Å²) >= 11 is 0. The molecule has 1 aliphatic carbocycles. The minimum absolute atomic E-state index is 0.0792. The number of aryl methyl sites for hydroxylation is 1. The van der Waals surface area contributed by atoms with Gasteiger partial charge in [0, 0.05) is 0 Å². The molecule has 0 aliphatic heterocycles. The standard InChI is InChI=1S/C19H26N2O3/c1-12(2)9-15-17(19(15,4)5)18(23)21-20-16(22)11-24-14-8-6-7-13(3)10-14/h6-10,15,17H,11H2,1-5H3,(H,20,22)(H,21,23). The molecular formula is C19H26N2O3. The van der Waals surface area contributed by atoms with Crippen molar-refractivity contribution in [1.82, 2.24) is 10.9 Å². The molecule has 2 unspecified atom stereocenters. The second kappa shape index (κ2) is 7.07. The van der Waals surface area contributed by atoms with Crippen LogP contribution in [-0.2, 0) is 9.59 Å². The molecule has 1 aliphatic rings. The van der Waals surface area contributed by atoms with Gasteiger partial charge in [0.05, 0.1) is 5.92 Å². The summed E-state index contributed by atoms with van der Waals surface area (Å²) in [6.45, 7) is 9.97. The van der Waals surface area contributed by atoms with E-state index in [2.05, 4.69) is 30.8 Å². The lowest BCUT2D eigenvalue weighted by Gasteiger charge is -2.09. The molecule has 0 heterocycles. The Kier molecular flexibility index (Phi) is 5.32. The molecule has 1 aromatic rings. The molecule has 0 saturated heterocycles. The van der Waals surface area contributed by atoms with E-state index in [9.17, 15) is 9.59 Å². The largest absolute Gasteiger partial charge is 0.484 e. The highest BCUT2D eigenvalue weighted by Gasteiger charge is 2.60. The number of nitrogens with one attached hydrogen (secondary N) is 2. The minimum Gasteiger partial charge on any atom is -0.484 e. The normalized spacial score (nSPS) is 20.7. The Morgan fingerprint density at radius 2 is 1.96 bits per heavy atom. The third-order valence-corrected chi connectivity index (χ3v) is 4.39. The van der Waals surface area contributed by atoms with Gasteiger partial charge in [-0.3, -0.25) is 20.4 Å². The number of allylic oxidation sites excluding steroid dienone is 2. The molecule has 1 aromatic carbocycles. The van der Waals surface area contributed by atoms with E-state index in [-0.39, 0.29) is 35.7 Å². The Labute approximate surface area is 143 Å². The highest BCUT2D eigenvalue weighted by molar-refractivity contribution is 5.86. The van der Waals surface area contributed by atoms with Crippen molar-refractivity contribution >= 4 is 11.8 Å². The van der Waals surface area contributed by atoms with Crippen LogP contribution in [0, 0.1) is 24.2 Å². The maximum atomic E-state index is 12.2. The van der Waals surface area contributed by atoms with Gasteiger partial charge in [-0.05, 0) is 49.8 Å². The van der Waals surface area contributed by atoms with Crippen LogP contribution in [0.1, 0.15) is 33.3 Å². The van der Waals surface area contributed by atoms with Crippen molar-refractivity contribution in [3.63, 3.8) is 0 Å². The molecular weight excluding hydrogens is 304 g/mol. The molecule has 5 heteroatoms. The second-order valence-electron chi connectivity index (χ2n) is 7.21. The molecule has 130 valence electrons. The molecule has 2 amide bonds. The van der Waals surface area contributed by atoms with E-state index >= 15 is 0 Å². The van der Waals surface area contributed by atoms with Gasteiger partial charge in [0.2, 0.25) is 5.91 Å². The number of hydrazine groups is 1. The fraction of sp³-hybridized carbons (Fsp3) is 0.474. The van der Waals surface area contributed by atoms with Crippen molar-refractivity contribution in [2.75, 3.05) is 6.61 Å². The first-order chi connectivity index (χ1) is 11.2. The Bertz CT molecular complexity index is 660. The van der Waals surface area contributed by atoms with Crippen LogP contribution in [0.3, 0.4) is 0 Å². The van der Waals surface area contributed by atoms with Gasteiger partial charge in [0.25, 0.3) is 5.91 Å². The van der Waals surface area contributed by atoms with Gasteiger partial charge in [0.15, 0.2) is 6.61 Å². The first kappa shape index (κ1) is 18.0. The Balaban J connectivity index is 1.78. The predicted octanol–water partition coefficient (Wildman–Crippen LogP) is 2.76. The van der Waals surface area contributed by atoms with Crippen LogP contribution in [0.4, 0.5) is 0 Å². The van der Waals surface area contributed by atoms with Crippen LogP contribution >= 0.6 is 0 Å². The molecule has 0 aromatic heterocycles. The van der Waals surface area contributed by atoms with Crippen LogP contribution in [0.25, 0.3) is 0 Å². The van der Waals surface area contributed by atoms with Crippen molar-refractivity contribution in [2.24, 2.45) is 17.3 Å². The summed E-state index contributed by atoms with van der Waals surface area (Å²) in [5.41, 5.74) is 7.09. The molecule has 0 radical (unpaired) electrons. The third kappa shape index (κ3) is 4.37. The first-order valence-corrected chi connectivity index (χ1v) is 8.15. The Hall–Kier alpha value is -2.30. The lowest BCUT2D eigenvalue weighted by atomic mass is 10.1. The van der Waals surface area contributed by atoms with E-state index in [1.54, 1.807) is 6.07 Å². The molecule has 1 saturated carbocycles. The molecule has 24 heavy (non-hydrogen) atoms. The van der Waals surface area contributed by atoms with Gasteiger partial charge in [-0.15, -0.1) is 0 Å². The molecule has 0 bridgehead atoms. The van der Waals surface area contributed by atoms with Crippen molar-refractivity contribution in [2.45, 2.75) is 34.6 Å². The summed E-state index contributed by atoms with van der Waals surface area (Å²) in [6, 6.07) is 7.45. The maximum absolute atomic E-state index is 12.2. The van der Waals surface area contributed by atoms with Crippen molar-refractivity contribution in [3.8, 4) is 5.75 Å². The van der Waals surface area contributed by atoms with Crippen LogP contribution in [0.15, 0.2) is 35.9 Å². The van der Waals surface area contributed by atoms with Crippen LogP contribution in [-0.4, -0.2) is 18.4 Å². The van der Waals surface area contributed by atoms with Crippen LogP contribution in [0.2, 0.25) is 0 Å². The number of carbonyl (C=O) groups is 2. The highest BCUT2D eigenvalue weighted by atomic mass is 16.5. The summed E-state index contributed by atoms with van der Waals surface area (Å²) in [4.78, 5) is 24.0. The first-order valence-electron chi connectivity index (χ1n) is 8.15. The third-order valence-electron chi connectivity index (χ3n) is 4.39. The topological polar surface area (TPSA) is 67.4 Å². The number of hydrogen-bond acceptors (Lipinski definition) is 3. The van der Waals surface area contributed by atoms with Gasteiger partial charge < -0.3 is 4.74 Å². The molecule has 2 N–H and O–H groups in total. The quantitative estimate of drug-likeness (QED) is 0.644. The molecule has 1 fully saturated rings. The number of carbonyl (C=O) groups excluding carboxylic acids is 2. The zero-order valence-corrected chi connectivity index (χ0v) is 15.0. The number of benzene rings is 1. The van der Waals surface area contributed by atoms with Crippen LogP contribution < -0.4 is 15.6 Å². The van der Waals surface area contributed by atoms with E-state index in [0.29, 0.717) is 5.75 Å². The summed E-state index contributed by atoms with van der Waals surface area (Å²) in [6.07, 6.45) is 2.12. The lowest BCUT2D eigenvalue weighted by molar-refractivity contribution is -0.131. The average Bonchev–Trinajstić information content (AvgIpc) is 3.02. The molecule has 2 atom stereocenters. The van der Waals surface area contributed by atoms with E-state index in [1.165, 1.54) is 5.57 Å². The van der Waals surface area contributed by atoms with Crippen molar-refractivity contribution < 1.29 is 14.3 Å². The average molecular weight is 330 g/mol. The number of rotatable bonds is 5. The van der Waals surface area contributed by atoms with Crippen molar-refractivity contribution in [1.29, 1.82) is 0 Å². The van der Waals surface area contributed by atoms with Crippen LogP contribution in [0.5, 0.6) is 5.75 Å². The smallest absolute Gasteiger partial charge is 0.276 e. The van der Waals surface area contributed by atoms with E-state index in [4.69, 9.17) is 4.74 Å². The van der Waals surface area contributed by atoms with Gasteiger partial charge in [-0.1, -0.05) is 37.6 Å². The molecule has 0 spiro atoms. The van der Waals surface area contributed by atoms with E-state index < -0.39 is 0 Å². The summed E-state index contributed by atoms with van der Waals surface area (Å²) in [5.74, 6) is 0.172. The minimum atomic E-state index is -0.387. The highest BCUT2D eigenvalue weighted by Crippen LogP contribution is 2.59. The SMILES string of the molecule is CC(C)=CC1C(C(=O)NNC(=O)COc2cccc(C)c2)C1(C)C. The maximum Gasteiger partial charge on any atom is 0.276 e. The van der Waals surface area contributed by atoms with E-state index in [0.717, 1.165) is 5.56 Å². The van der Waals surface area contributed by atoms with Gasteiger partial charge >= 0.3 is 0 Å². The predicted molar refractivity (Wildman–Crippen MR) is 93.2 cm³/mol. The fourth-order valence-electron chi connectivity index (χ4n) is 2.95. The summed E-state index contributed by atoms with van der Waals surface area (Å²) in [5, 5.41) is 0. The number of amides is 2. The zero-order valence-electron chi connectivity index (χ0n) is 15.0. The second-order valence-corrected chi connectivity index (χ2v) is 7.21. The monoisotopic (exact) mass is 330 g/mol. The summed E-state index contributed by atoms with van der Waals surface area (Å²) in [7, 11) is 0. The zero-order chi connectivity index (χ0) is 17.9. The van der Waals surface area contributed by atoms with Gasteiger partial charge in [-0.25, -0.2) is 0 Å². The van der Waals surface area contributed by atoms with Gasteiger partial charge in [0.1, 0.15) is 5.75 Å². The van der Waals surface area contributed by atoms with Gasteiger partial charge in [-0.2, -0.15) is 0 Å². The number of hydrogen-bond donors (Lipinski definition) is 2. The van der Waals surface area contributed by atoms with E-state index in [1.807, 2.05) is 39.0 Å². The Morgan fingerprint density at radius 1 is 1.25 bits per heavy atom. The van der Waals surface area contributed by atoms with Crippen molar-refractivity contribution in [3.05, 3.63) is 41.5 Å². The lowest BCUT2D eigenvalue weighted by Crippen LogP contribution is -2.45. The molecule has 2 rings (SSSR count). The summed E-state index contributed by atoms with van der Waals surface area (Å²) < 4.78 is 5.40. The molecule has 5 nitrogen and oxygen atoms in total. The fourth-order valence-corrected chi connectivity index (χ4v) is 2.95. The Morgan fingerprint density at radius 3 is 2.58 bits per heavy atom. The number of ether oxygens (including phenoxy) is 1.